The molecule has 198 valence electrons. The van der Waals surface area contributed by atoms with Gasteiger partial charge in [-0.15, -0.1) is 0 Å². The smallest absolute Gasteiger partial charge is 0.302 e. The van der Waals surface area contributed by atoms with Gasteiger partial charge in [-0.2, -0.15) is 0 Å². The van der Waals surface area contributed by atoms with E-state index in [-0.39, 0.29) is 33.8 Å². The van der Waals surface area contributed by atoms with Crippen LogP contribution in [-0.4, -0.2) is 81.0 Å². The SMILES string of the molecule is COc1cc2oc(-c3ccc(O)c(O)c3)cc(=O)c2c(O)c1OC1OC(COC(C)=O)C(O)C(O)C1O. The van der Waals surface area contributed by atoms with Crippen molar-refractivity contribution < 1.29 is 58.8 Å². The van der Waals surface area contributed by atoms with Crippen LogP contribution in [0, 0.1) is 0 Å². The van der Waals surface area contributed by atoms with E-state index in [2.05, 4.69) is 0 Å². The number of aromatic hydroxyl groups is 3. The fourth-order valence-electron chi connectivity index (χ4n) is 3.81. The number of hydrogen-bond acceptors (Lipinski definition) is 13. The van der Waals surface area contributed by atoms with Gasteiger partial charge in [0.1, 0.15) is 47.8 Å². The number of benzene rings is 2. The van der Waals surface area contributed by atoms with Crippen molar-refractivity contribution in [2.24, 2.45) is 0 Å². The standard InChI is InChI=1S/C24H24O13/c1-9(25)34-8-17-19(29)21(31)22(32)24(36-17)37-23-16(33-2)7-15-18(20(23)30)13(28)6-14(35-15)10-3-4-11(26)12(27)5-10/h3-7,17,19,21-22,24,26-27,29-32H,8H2,1-2H3. The second-order valence-corrected chi connectivity index (χ2v) is 8.24. The molecule has 0 radical (unpaired) electrons. The summed E-state index contributed by atoms with van der Waals surface area (Å²) in [6.45, 7) is 0.675. The first kappa shape index (κ1) is 26.0. The Balaban J connectivity index is 1.73. The molecular formula is C24H24O13. The molecule has 0 bridgehead atoms. The lowest BCUT2D eigenvalue weighted by atomic mass is 9.99. The monoisotopic (exact) mass is 520 g/mol. The molecule has 1 saturated heterocycles. The lowest BCUT2D eigenvalue weighted by Gasteiger charge is -2.40. The summed E-state index contributed by atoms with van der Waals surface area (Å²) in [4.78, 5) is 24.0. The Morgan fingerprint density at radius 2 is 1.73 bits per heavy atom. The van der Waals surface area contributed by atoms with E-state index < -0.39 is 66.0 Å². The van der Waals surface area contributed by atoms with E-state index in [1.54, 1.807) is 0 Å². The van der Waals surface area contributed by atoms with Crippen LogP contribution >= 0.6 is 0 Å². The van der Waals surface area contributed by atoms with Crippen molar-refractivity contribution in [2.45, 2.75) is 37.6 Å². The van der Waals surface area contributed by atoms with Crippen LogP contribution < -0.4 is 14.9 Å². The van der Waals surface area contributed by atoms with Gasteiger partial charge in [0.05, 0.1) is 7.11 Å². The number of carbonyl (C=O) groups is 1. The van der Waals surface area contributed by atoms with Crippen molar-refractivity contribution in [1.29, 1.82) is 0 Å². The molecule has 0 spiro atoms. The minimum absolute atomic E-state index is 0.0133. The number of carbonyl (C=O) groups excluding carboxylic acids is 1. The number of phenolic OH excluding ortho intramolecular Hbond substituents is 3. The molecule has 2 heterocycles. The van der Waals surface area contributed by atoms with Gasteiger partial charge < -0.3 is 54.0 Å². The van der Waals surface area contributed by atoms with Gasteiger partial charge >= 0.3 is 5.97 Å². The zero-order valence-corrected chi connectivity index (χ0v) is 19.5. The quantitative estimate of drug-likeness (QED) is 0.192. The molecule has 1 aromatic heterocycles. The Hall–Kier alpha value is -4.04. The number of fused-ring (bicyclic) bond motifs is 1. The van der Waals surface area contributed by atoms with Crippen molar-refractivity contribution in [2.75, 3.05) is 13.7 Å². The molecule has 1 aliphatic rings. The van der Waals surface area contributed by atoms with Crippen LogP contribution in [0.25, 0.3) is 22.3 Å². The third-order valence-corrected chi connectivity index (χ3v) is 5.75. The molecule has 37 heavy (non-hydrogen) atoms. The summed E-state index contributed by atoms with van der Waals surface area (Å²) < 4.78 is 26.8. The third-order valence-electron chi connectivity index (χ3n) is 5.75. The maximum Gasteiger partial charge on any atom is 0.302 e. The number of hydrogen-bond donors (Lipinski definition) is 6. The average molecular weight is 520 g/mol. The number of methoxy groups -OCH3 is 1. The molecule has 4 rings (SSSR count). The summed E-state index contributed by atoms with van der Waals surface area (Å²) in [5, 5.41) is 60.6. The molecule has 5 unspecified atom stereocenters. The number of esters is 1. The topological polar surface area (TPSA) is 206 Å². The third kappa shape index (κ3) is 4.97. The van der Waals surface area contributed by atoms with Gasteiger partial charge in [-0.05, 0) is 18.2 Å². The molecule has 1 aliphatic heterocycles. The van der Waals surface area contributed by atoms with Crippen molar-refractivity contribution in [3.8, 4) is 40.1 Å². The summed E-state index contributed by atoms with van der Waals surface area (Å²) in [6.07, 6.45) is -8.14. The molecule has 0 saturated carbocycles. The Kier molecular flexibility index (Phi) is 7.14. The van der Waals surface area contributed by atoms with Crippen LogP contribution in [0.5, 0.6) is 28.7 Å². The lowest BCUT2D eigenvalue weighted by Crippen LogP contribution is -2.60. The number of phenols is 3. The van der Waals surface area contributed by atoms with Crippen molar-refractivity contribution >= 4 is 16.9 Å². The van der Waals surface area contributed by atoms with E-state index in [4.69, 9.17) is 23.4 Å². The van der Waals surface area contributed by atoms with Crippen molar-refractivity contribution in [3.05, 3.63) is 40.6 Å². The molecule has 0 amide bonds. The summed E-state index contributed by atoms with van der Waals surface area (Å²) in [6, 6.07) is 6.07. The fraction of sp³-hybridized carbons (Fsp3) is 0.333. The van der Waals surface area contributed by atoms with E-state index in [0.717, 1.165) is 13.0 Å². The van der Waals surface area contributed by atoms with Crippen LogP contribution in [0.1, 0.15) is 6.92 Å². The van der Waals surface area contributed by atoms with Gasteiger partial charge in [-0.3, -0.25) is 9.59 Å². The first-order valence-corrected chi connectivity index (χ1v) is 10.9. The van der Waals surface area contributed by atoms with Gasteiger partial charge in [0.15, 0.2) is 28.4 Å². The molecule has 0 aliphatic carbocycles. The van der Waals surface area contributed by atoms with Crippen LogP contribution in [0.4, 0.5) is 0 Å². The highest BCUT2D eigenvalue weighted by Gasteiger charge is 2.46. The van der Waals surface area contributed by atoms with E-state index in [9.17, 15) is 40.2 Å². The predicted octanol–water partition coefficient (Wildman–Crippen LogP) is 0.335. The molecule has 2 aromatic carbocycles. The maximum atomic E-state index is 12.9. The largest absolute Gasteiger partial charge is 0.504 e. The maximum absolute atomic E-state index is 12.9. The van der Waals surface area contributed by atoms with Crippen molar-refractivity contribution in [1.82, 2.24) is 0 Å². The average Bonchev–Trinajstić information content (AvgIpc) is 2.85. The Labute approximate surface area is 208 Å². The van der Waals surface area contributed by atoms with Gasteiger partial charge in [0.25, 0.3) is 0 Å². The fourth-order valence-corrected chi connectivity index (χ4v) is 3.81. The van der Waals surface area contributed by atoms with Gasteiger partial charge in [-0.25, -0.2) is 0 Å². The van der Waals surface area contributed by atoms with Crippen LogP contribution in [0.15, 0.2) is 39.5 Å². The molecular weight excluding hydrogens is 496 g/mol. The molecule has 13 nitrogen and oxygen atoms in total. The van der Waals surface area contributed by atoms with Gasteiger partial charge in [0.2, 0.25) is 12.0 Å². The Morgan fingerprint density at radius 1 is 1.00 bits per heavy atom. The molecule has 13 heteroatoms. The van der Waals surface area contributed by atoms with Crippen LogP contribution in [-0.2, 0) is 14.3 Å². The van der Waals surface area contributed by atoms with Gasteiger partial charge in [0, 0.05) is 24.6 Å². The number of aliphatic hydroxyl groups excluding tert-OH is 3. The minimum Gasteiger partial charge on any atom is -0.504 e. The second-order valence-electron chi connectivity index (χ2n) is 8.24. The van der Waals surface area contributed by atoms with Crippen LogP contribution in [0.3, 0.4) is 0 Å². The lowest BCUT2D eigenvalue weighted by molar-refractivity contribution is -0.278. The summed E-state index contributed by atoms with van der Waals surface area (Å²) >= 11 is 0. The minimum atomic E-state index is -1.80. The highest BCUT2D eigenvalue weighted by Crippen LogP contribution is 2.44. The number of ether oxygens (including phenoxy) is 4. The molecule has 6 N–H and O–H groups in total. The molecule has 1 fully saturated rings. The normalized spacial score (nSPS) is 23.5. The first-order valence-electron chi connectivity index (χ1n) is 10.9. The number of aliphatic hydroxyl groups is 3. The first-order chi connectivity index (χ1) is 17.5. The van der Waals surface area contributed by atoms with E-state index in [1.807, 2.05) is 0 Å². The predicted molar refractivity (Wildman–Crippen MR) is 123 cm³/mol. The summed E-state index contributed by atoms with van der Waals surface area (Å²) in [7, 11) is 1.23. The van der Waals surface area contributed by atoms with Gasteiger partial charge in [-0.1, -0.05) is 0 Å². The highest BCUT2D eigenvalue weighted by molar-refractivity contribution is 5.89. The summed E-state index contributed by atoms with van der Waals surface area (Å²) in [5.74, 6) is -2.77. The number of rotatable bonds is 6. The molecule has 3 aromatic rings. The van der Waals surface area contributed by atoms with E-state index in [0.29, 0.717) is 0 Å². The summed E-state index contributed by atoms with van der Waals surface area (Å²) in [5.41, 5.74) is -0.564. The van der Waals surface area contributed by atoms with E-state index in [1.165, 1.54) is 31.4 Å². The zero-order valence-electron chi connectivity index (χ0n) is 19.5. The van der Waals surface area contributed by atoms with Crippen LogP contribution in [0.2, 0.25) is 0 Å². The molecule has 5 atom stereocenters. The zero-order chi connectivity index (χ0) is 27.0. The highest BCUT2D eigenvalue weighted by atomic mass is 16.7. The van der Waals surface area contributed by atoms with E-state index >= 15 is 0 Å². The Morgan fingerprint density at radius 3 is 2.38 bits per heavy atom. The Bertz CT molecular complexity index is 1380. The van der Waals surface area contributed by atoms with Crippen molar-refractivity contribution in [3.63, 3.8) is 0 Å². The second kappa shape index (κ2) is 10.1.